The zero-order chi connectivity index (χ0) is 31.7. The van der Waals surface area contributed by atoms with Crippen LogP contribution in [0.1, 0.15) is 86.2 Å². The summed E-state index contributed by atoms with van der Waals surface area (Å²) >= 11 is 0. The lowest BCUT2D eigenvalue weighted by molar-refractivity contribution is -0.164. The number of aromatic nitrogens is 4. The van der Waals surface area contributed by atoms with Gasteiger partial charge < -0.3 is 24.4 Å². The van der Waals surface area contributed by atoms with Crippen LogP contribution in [0.5, 0.6) is 0 Å². The number of nitrogens with zero attached hydrogens (tertiary/aromatic N) is 6. The summed E-state index contributed by atoms with van der Waals surface area (Å²) in [5.74, 6) is 1.62. The van der Waals surface area contributed by atoms with Gasteiger partial charge in [0.2, 0.25) is 5.95 Å². The van der Waals surface area contributed by atoms with E-state index in [0.717, 1.165) is 23.9 Å². The van der Waals surface area contributed by atoms with Crippen LogP contribution < -0.4 is 10.6 Å². The molecule has 4 bridgehead atoms. The van der Waals surface area contributed by atoms with Crippen molar-refractivity contribution in [2.45, 2.75) is 82.5 Å². The molecule has 2 saturated heterocycles. The van der Waals surface area contributed by atoms with Crippen molar-refractivity contribution in [1.82, 2.24) is 34.6 Å². The Morgan fingerprint density at radius 2 is 1.91 bits per heavy atom. The first-order valence-electron chi connectivity index (χ1n) is 16.0. The summed E-state index contributed by atoms with van der Waals surface area (Å²) in [6.07, 6.45) is 9.47. The molecule has 2 N–H and O–H groups in total. The van der Waals surface area contributed by atoms with Crippen LogP contribution in [0.2, 0.25) is 0 Å². The number of piperazine rings is 1. The smallest absolute Gasteiger partial charge is 0.328 e. The van der Waals surface area contributed by atoms with Gasteiger partial charge in [0.15, 0.2) is 0 Å². The van der Waals surface area contributed by atoms with Gasteiger partial charge in [-0.1, -0.05) is 6.42 Å². The predicted molar refractivity (Wildman–Crippen MR) is 168 cm³/mol. The van der Waals surface area contributed by atoms with Gasteiger partial charge in [0.1, 0.15) is 28.3 Å². The molecule has 3 aromatic heterocycles. The number of amides is 2. The van der Waals surface area contributed by atoms with Gasteiger partial charge in [0.05, 0.1) is 12.1 Å². The number of nitrogens with one attached hydrogen (secondary N) is 2. The number of ether oxygens (including phenoxy) is 1. The highest BCUT2D eigenvalue weighted by molar-refractivity contribution is 5.98. The van der Waals surface area contributed by atoms with Crippen LogP contribution in [0.25, 0.3) is 11.0 Å². The maximum absolute atomic E-state index is 13.5. The third-order valence-electron chi connectivity index (χ3n) is 9.86. The fraction of sp³-hybridized carbons (Fsp3) is 0.576. The first-order valence-corrected chi connectivity index (χ1v) is 16.0. The molecule has 5 unspecified atom stereocenters. The minimum atomic E-state index is -0.885. The van der Waals surface area contributed by atoms with Crippen molar-refractivity contribution in [2.24, 2.45) is 11.8 Å². The van der Waals surface area contributed by atoms with Gasteiger partial charge in [-0.25, -0.2) is 14.8 Å². The van der Waals surface area contributed by atoms with E-state index in [1.807, 2.05) is 26.8 Å². The van der Waals surface area contributed by atoms with Gasteiger partial charge in [-0.3, -0.25) is 14.9 Å². The average Bonchev–Trinajstić information content (AvgIpc) is 3.78. The second kappa shape index (κ2) is 10.8. The van der Waals surface area contributed by atoms with Gasteiger partial charge in [-0.05, 0) is 82.9 Å². The second-order valence-corrected chi connectivity index (χ2v) is 14.5. The minimum Gasteiger partial charge on any atom is -0.459 e. The first kappa shape index (κ1) is 29.6. The van der Waals surface area contributed by atoms with Crippen LogP contribution in [0.15, 0.2) is 30.6 Å². The number of rotatable bonds is 6. The minimum absolute atomic E-state index is 0.0401. The molecule has 4 aliphatic rings. The average molecular weight is 615 g/mol. The van der Waals surface area contributed by atoms with Crippen molar-refractivity contribution in [1.29, 1.82) is 0 Å². The number of carbonyl (C=O) groups is 3. The molecule has 2 saturated carbocycles. The van der Waals surface area contributed by atoms with Gasteiger partial charge in [0.25, 0.3) is 11.8 Å². The summed E-state index contributed by atoms with van der Waals surface area (Å²) in [6, 6.07) is 5.66. The number of hydrogen-bond donors (Lipinski definition) is 2. The monoisotopic (exact) mass is 614 g/mol. The largest absolute Gasteiger partial charge is 0.459 e. The first-order chi connectivity index (χ1) is 21.4. The highest BCUT2D eigenvalue weighted by Crippen LogP contribution is 2.52. The molecule has 45 heavy (non-hydrogen) atoms. The lowest BCUT2D eigenvalue weighted by Crippen LogP contribution is -2.65. The van der Waals surface area contributed by atoms with Crippen LogP contribution in [-0.2, 0) is 9.53 Å². The third kappa shape index (κ3) is 5.43. The Labute approximate surface area is 262 Å². The van der Waals surface area contributed by atoms with E-state index in [9.17, 15) is 14.4 Å². The maximum Gasteiger partial charge on any atom is 0.328 e. The van der Waals surface area contributed by atoms with Crippen LogP contribution in [-0.4, -0.2) is 91.5 Å². The molecule has 0 spiro atoms. The summed E-state index contributed by atoms with van der Waals surface area (Å²) < 4.78 is 7.86. The van der Waals surface area contributed by atoms with Crippen molar-refractivity contribution in [3.8, 4) is 0 Å². The SMILES string of the molecule is CN(C)C(=O)c1cc2cnc(Nc3ccc(C(=O)N4CC5CCC(C(=O)OC(C)(C)C)(C4)N5)cn3)nc2n1C1CC2CCC1C2. The molecule has 12 nitrogen and oxygen atoms in total. The molecule has 3 aromatic rings. The normalized spacial score (nSPS) is 27.2. The van der Waals surface area contributed by atoms with Crippen molar-refractivity contribution in [2.75, 3.05) is 32.5 Å². The number of anilines is 2. The van der Waals surface area contributed by atoms with Crippen LogP contribution >= 0.6 is 0 Å². The number of pyridine rings is 1. The number of fused-ring (bicyclic) bond motifs is 5. The molecule has 12 heteroatoms. The van der Waals surface area contributed by atoms with Crippen molar-refractivity contribution < 1.29 is 19.1 Å². The van der Waals surface area contributed by atoms with E-state index in [4.69, 9.17) is 9.72 Å². The van der Waals surface area contributed by atoms with E-state index in [2.05, 4.69) is 25.2 Å². The maximum atomic E-state index is 13.5. The van der Waals surface area contributed by atoms with Crippen molar-refractivity contribution in [3.05, 3.63) is 41.9 Å². The Bertz CT molecular complexity index is 1660. The van der Waals surface area contributed by atoms with Gasteiger partial charge in [-0.15, -0.1) is 0 Å². The molecule has 2 aliphatic carbocycles. The molecule has 2 amide bonds. The van der Waals surface area contributed by atoms with Gasteiger partial charge in [0, 0.05) is 50.5 Å². The van der Waals surface area contributed by atoms with E-state index >= 15 is 0 Å². The Kier molecular flexibility index (Phi) is 7.10. The predicted octanol–water partition coefficient (Wildman–Crippen LogP) is 3.92. The summed E-state index contributed by atoms with van der Waals surface area (Å²) in [4.78, 5) is 57.1. The second-order valence-electron chi connectivity index (χ2n) is 14.5. The molecule has 2 aliphatic heterocycles. The Balaban J connectivity index is 1.09. The summed E-state index contributed by atoms with van der Waals surface area (Å²) in [6.45, 7) is 6.33. The molecular weight excluding hydrogens is 572 g/mol. The number of esters is 1. The fourth-order valence-electron chi connectivity index (χ4n) is 7.85. The highest BCUT2D eigenvalue weighted by Gasteiger charge is 2.52. The quantitative estimate of drug-likeness (QED) is 0.396. The van der Waals surface area contributed by atoms with Gasteiger partial charge >= 0.3 is 5.97 Å². The van der Waals surface area contributed by atoms with Gasteiger partial charge in [-0.2, -0.15) is 4.98 Å². The summed E-state index contributed by atoms with van der Waals surface area (Å²) in [7, 11) is 3.55. The molecular formula is C33H42N8O4. The lowest BCUT2D eigenvalue weighted by Gasteiger charge is -2.40. The van der Waals surface area contributed by atoms with Crippen molar-refractivity contribution >= 4 is 40.6 Å². The zero-order valence-electron chi connectivity index (χ0n) is 26.7. The molecule has 7 rings (SSSR count). The number of carbonyl (C=O) groups excluding carboxylic acids is 3. The van der Waals surface area contributed by atoms with Crippen LogP contribution in [0.4, 0.5) is 11.8 Å². The molecule has 4 fully saturated rings. The standard InChI is InChI=1S/C33H42N8O4/c1-32(2,3)45-30(44)33-11-10-23(38-33)17-40(18-33)28(42)21-8-9-26(34-15-21)36-31-35-16-22-14-25(29(43)39(4)5)41(27(22)37-31)24-13-19-6-7-20(24)12-19/h8-9,14-16,19-20,23-24,38H,6-7,10-13,17-18H2,1-5H3,(H,34,35,36,37). The van der Waals surface area contributed by atoms with Crippen molar-refractivity contribution in [3.63, 3.8) is 0 Å². The molecule has 0 radical (unpaired) electrons. The highest BCUT2D eigenvalue weighted by atomic mass is 16.6. The van der Waals surface area contributed by atoms with E-state index in [-0.39, 0.29) is 36.4 Å². The van der Waals surface area contributed by atoms with E-state index < -0.39 is 11.1 Å². The zero-order valence-corrected chi connectivity index (χ0v) is 26.7. The van der Waals surface area contributed by atoms with E-state index in [1.165, 1.54) is 19.3 Å². The number of hydrogen-bond acceptors (Lipinski definition) is 9. The third-order valence-corrected chi connectivity index (χ3v) is 9.86. The topological polar surface area (TPSA) is 135 Å². The van der Waals surface area contributed by atoms with Crippen LogP contribution in [0.3, 0.4) is 0 Å². The molecule has 0 aromatic carbocycles. The summed E-state index contributed by atoms with van der Waals surface area (Å²) in [5.41, 5.74) is 0.340. The number of likely N-dealkylation sites (tertiary alicyclic amines) is 1. The van der Waals surface area contributed by atoms with E-state index in [1.54, 1.807) is 48.4 Å². The molecule has 5 atom stereocenters. The Morgan fingerprint density at radius 1 is 1.09 bits per heavy atom. The molecule has 5 heterocycles. The Hall–Kier alpha value is -4.06. The Morgan fingerprint density at radius 3 is 2.58 bits per heavy atom. The van der Waals surface area contributed by atoms with E-state index in [0.29, 0.717) is 47.8 Å². The fourth-order valence-corrected chi connectivity index (χ4v) is 7.85. The molecule has 238 valence electrons. The summed E-state index contributed by atoms with van der Waals surface area (Å²) in [5, 5.41) is 7.44. The lowest BCUT2D eigenvalue weighted by atomic mass is 9.95. The van der Waals surface area contributed by atoms with Crippen LogP contribution in [0, 0.1) is 11.8 Å².